The monoisotopic (exact) mass is 569 g/mol. The molecular formula is C28H35N5O8. The zero-order valence-electron chi connectivity index (χ0n) is 22.9. The van der Waals surface area contributed by atoms with E-state index in [4.69, 9.17) is 14.9 Å². The number of nitrogens with zero attached hydrogens (tertiary/aromatic N) is 1. The predicted molar refractivity (Wildman–Crippen MR) is 150 cm³/mol. The van der Waals surface area contributed by atoms with Gasteiger partial charge in [0.15, 0.2) is 0 Å². The van der Waals surface area contributed by atoms with Crippen molar-refractivity contribution in [1.29, 1.82) is 0 Å². The van der Waals surface area contributed by atoms with Gasteiger partial charge in [-0.05, 0) is 49.1 Å². The van der Waals surface area contributed by atoms with Gasteiger partial charge in [-0.2, -0.15) is 0 Å². The summed E-state index contributed by atoms with van der Waals surface area (Å²) in [7, 11) is 1.48. The lowest BCUT2D eigenvalue weighted by Crippen LogP contribution is -2.51. The number of carboxylic acid groups (broad SMARTS) is 2. The number of ether oxygens (including phenoxy) is 1. The molecule has 41 heavy (non-hydrogen) atoms. The molecule has 220 valence electrons. The molecule has 0 spiro atoms. The van der Waals surface area contributed by atoms with Crippen LogP contribution in [0.25, 0.3) is 0 Å². The summed E-state index contributed by atoms with van der Waals surface area (Å²) < 4.78 is 5.43. The Morgan fingerprint density at radius 2 is 1.56 bits per heavy atom. The standard InChI is InChI=1S/C28H35N5O8/c1-17-5-3-4-6-21(17)31-28(40)32-22-8-7-18(13-23(22)41-2)14-24(34)33-11-9-19(10-12-33)29-27(39)30-20(15-25(35)36)16-26(37)38/h3-8,13,19-20H,9-12,14-16H2,1-2H3,(H,35,36)(H,37,38)(H2,29,30,39)(H2,31,32,40). The number of hydrogen-bond acceptors (Lipinski definition) is 6. The van der Waals surface area contributed by atoms with Gasteiger partial charge in [0.1, 0.15) is 5.75 Å². The first-order valence-electron chi connectivity index (χ1n) is 13.1. The lowest BCUT2D eigenvalue weighted by molar-refractivity contribution is -0.139. The lowest BCUT2D eigenvalue weighted by atomic mass is 10.0. The molecule has 1 heterocycles. The van der Waals surface area contributed by atoms with E-state index in [1.807, 2.05) is 25.1 Å². The molecule has 0 saturated carbocycles. The second-order valence-electron chi connectivity index (χ2n) is 9.77. The van der Waals surface area contributed by atoms with E-state index in [1.54, 1.807) is 29.2 Å². The number of nitrogens with one attached hydrogen (secondary N) is 4. The van der Waals surface area contributed by atoms with Crippen LogP contribution in [0.4, 0.5) is 21.0 Å². The minimum Gasteiger partial charge on any atom is -0.495 e. The number of rotatable bonds is 11. The Kier molecular flexibility index (Phi) is 10.9. The van der Waals surface area contributed by atoms with Crippen molar-refractivity contribution in [2.45, 2.75) is 51.1 Å². The summed E-state index contributed by atoms with van der Waals surface area (Å²) in [6, 6.07) is 10.2. The lowest BCUT2D eigenvalue weighted by Gasteiger charge is -2.32. The highest BCUT2D eigenvalue weighted by Crippen LogP contribution is 2.27. The number of amides is 5. The number of carbonyl (C=O) groups excluding carboxylic acids is 3. The van der Waals surface area contributed by atoms with E-state index in [0.29, 0.717) is 48.6 Å². The fourth-order valence-corrected chi connectivity index (χ4v) is 4.51. The number of carboxylic acids is 2. The molecule has 6 N–H and O–H groups in total. The summed E-state index contributed by atoms with van der Waals surface area (Å²) in [5.41, 5.74) is 2.77. The normalized spacial score (nSPS) is 13.3. The van der Waals surface area contributed by atoms with E-state index in [9.17, 15) is 24.0 Å². The maximum absolute atomic E-state index is 12.9. The van der Waals surface area contributed by atoms with Crippen LogP contribution in [0.3, 0.4) is 0 Å². The molecule has 1 saturated heterocycles. The van der Waals surface area contributed by atoms with Crippen molar-refractivity contribution in [3.05, 3.63) is 53.6 Å². The van der Waals surface area contributed by atoms with Gasteiger partial charge in [-0.3, -0.25) is 14.4 Å². The van der Waals surface area contributed by atoms with Crippen molar-refractivity contribution in [3.8, 4) is 5.75 Å². The number of hydrogen-bond donors (Lipinski definition) is 6. The third-order valence-electron chi connectivity index (χ3n) is 6.62. The van der Waals surface area contributed by atoms with E-state index in [2.05, 4.69) is 21.3 Å². The molecule has 1 fully saturated rings. The number of aryl methyl sites for hydroxylation is 1. The summed E-state index contributed by atoms with van der Waals surface area (Å²) in [5, 5.41) is 28.5. The number of methoxy groups -OCH3 is 1. The van der Waals surface area contributed by atoms with Crippen LogP contribution < -0.4 is 26.0 Å². The Morgan fingerprint density at radius 3 is 2.17 bits per heavy atom. The van der Waals surface area contributed by atoms with Crippen molar-refractivity contribution in [1.82, 2.24) is 15.5 Å². The van der Waals surface area contributed by atoms with Gasteiger partial charge in [0.05, 0.1) is 38.1 Å². The fraction of sp³-hybridized carbons (Fsp3) is 0.393. The molecule has 0 bridgehead atoms. The van der Waals surface area contributed by atoms with Crippen LogP contribution in [0.2, 0.25) is 0 Å². The number of benzene rings is 2. The first-order valence-corrected chi connectivity index (χ1v) is 13.1. The third kappa shape index (κ3) is 9.71. The quantitative estimate of drug-likeness (QED) is 0.238. The van der Waals surface area contributed by atoms with Crippen molar-refractivity contribution < 1.29 is 38.9 Å². The van der Waals surface area contributed by atoms with Gasteiger partial charge in [-0.15, -0.1) is 0 Å². The van der Waals surface area contributed by atoms with Gasteiger partial charge in [0.25, 0.3) is 0 Å². The van der Waals surface area contributed by atoms with Crippen molar-refractivity contribution in [2.24, 2.45) is 0 Å². The van der Waals surface area contributed by atoms with Gasteiger partial charge in [-0.1, -0.05) is 24.3 Å². The molecule has 0 aliphatic carbocycles. The Labute approximate surface area is 237 Å². The molecule has 13 nitrogen and oxygen atoms in total. The van der Waals surface area contributed by atoms with Crippen LogP contribution in [0, 0.1) is 6.92 Å². The largest absolute Gasteiger partial charge is 0.495 e. The highest BCUT2D eigenvalue weighted by Gasteiger charge is 2.26. The van der Waals surface area contributed by atoms with Crippen molar-refractivity contribution in [3.63, 3.8) is 0 Å². The number of carbonyl (C=O) groups is 5. The predicted octanol–water partition coefficient (Wildman–Crippen LogP) is 2.80. The summed E-state index contributed by atoms with van der Waals surface area (Å²) in [6.07, 6.45) is 0.0918. The molecular weight excluding hydrogens is 534 g/mol. The van der Waals surface area contributed by atoms with Gasteiger partial charge >= 0.3 is 24.0 Å². The van der Waals surface area contributed by atoms with Crippen LogP contribution in [0.1, 0.15) is 36.8 Å². The minimum atomic E-state index is -1.21. The molecule has 0 aromatic heterocycles. The second kappa shape index (κ2) is 14.5. The highest BCUT2D eigenvalue weighted by molar-refractivity contribution is 6.01. The van der Waals surface area contributed by atoms with Crippen LogP contribution in [0.5, 0.6) is 5.75 Å². The number of piperidine rings is 1. The van der Waals surface area contributed by atoms with Crippen molar-refractivity contribution >= 4 is 41.3 Å². The second-order valence-corrected chi connectivity index (χ2v) is 9.77. The molecule has 5 amide bonds. The number of urea groups is 2. The molecule has 2 aromatic carbocycles. The molecule has 2 aromatic rings. The Morgan fingerprint density at radius 1 is 0.927 bits per heavy atom. The van der Waals surface area contributed by atoms with Crippen LogP contribution in [-0.2, 0) is 20.8 Å². The smallest absolute Gasteiger partial charge is 0.323 e. The zero-order chi connectivity index (χ0) is 29.9. The fourth-order valence-electron chi connectivity index (χ4n) is 4.51. The number of anilines is 2. The first-order chi connectivity index (χ1) is 19.5. The van der Waals surface area contributed by atoms with Crippen LogP contribution in [0.15, 0.2) is 42.5 Å². The summed E-state index contributed by atoms with van der Waals surface area (Å²) in [4.78, 5) is 61.3. The molecule has 1 aliphatic rings. The Balaban J connectivity index is 1.48. The van der Waals surface area contributed by atoms with E-state index in [1.165, 1.54) is 7.11 Å². The number of para-hydroxylation sites is 1. The summed E-state index contributed by atoms with van der Waals surface area (Å²) in [6.45, 7) is 2.71. The average molecular weight is 570 g/mol. The molecule has 0 radical (unpaired) electrons. The van der Waals surface area contributed by atoms with Gasteiger partial charge < -0.3 is 41.1 Å². The Bertz CT molecular complexity index is 1260. The molecule has 3 rings (SSSR count). The topological polar surface area (TPSA) is 186 Å². The van der Waals surface area contributed by atoms with Gasteiger partial charge in [0.2, 0.25) is 5.91 Å². The Hall–Kier alpha value is -4.81. The SMILES string of the molecule is COc1cc(CC(=O)N2CCC(NC(=O)NC(CC(=O)O)CC(=O)O)CC2)ccc1NC(=O)Nc1ccccc1C. The number of likely N-dealkylation sites (tertiary alicyclic amines) is 1. The summed E-state index contributed by atoms with van der Waals surface area (Å²) in [5.74, 6) is -2.12. The first kappa shape index (κ1) is 30.7. The molecule has 13 heteroatoms. The van der Waals surface area contributed by atoms with E-state index in [-0.39, 0.29) is 18.4 Å². The van der Waals surface area contributed by atoms with E-state index < -0.39 is 42.9 Å². The minimum absolute atomic E-state index is 0.101. The van der Waals surface area contributed by atoms with Gasteiger partial charge in [-0.25, -0.2) is 9.59 Å². The maximum Gasteiger partial charge on any atom is 0.323 e. The maximum atomic E-state index is 12.9. The van der Waals surface area contributed by atoms with Gasteiger partial charge in [0, 0.05) is 24.8 Å². The third-order valence-corrected chi connectivity index (χ3v) is 6.62. The molecule has 0 atom stereocenters. The average Bonchev–Trinajstić information content (AvgIpc) is 2.90. The molecule has 1 aliphatic heterocycles. The molecule has 0 unspecified atom stereocenters. The highest BCUT2D eigenvalue weighted by atomic mass is 16.5. The van der Waals surface area contributed by atoms with Crippen LogP contribution >= 0.6 is 0 Å². The summed E-state index contributed by atoms with van der Waals surface area (Å²) >= 11 is 0. The van der Waals surface area contributed by atoms with E-state index >= 15 is 0 Å². The number of aliphatic carboxylic acids is 2. The zero-order valence-corrected chi connectivity index (χ0v) is 22.9. The van der Waals surface area contributed by atoms with E-state index in [0.717, 1.165) is 5.56 Å². The van der Waals surface area contributed by atoms with Crippen molar-refractivity contribution in [2.75, 3.05) is 30.8 Å². The van der Waals surface area contributed by atoms with Crippen LogP contribution in [-0.4, -0.2) is 77.3 Å².